The van der Waals surface area contributed by atoms with Crippen molar-refractivity contribution < 1.29 is 22.3 Å². The van der Waals surface area contributed by atoms with E-state index in [4.69, 9.17) is 15.4 Å². The summed E-state index contributed by atoms with van der Waals surface area (Å²) in [5, 5.41) is 8.75. The van der Waals surface area contributed by atoms with Gasteiger partial charge in [0.25, 0.3) is 0 Å². The Hall–Kier alpha value is -0.210. The lowest BCUT2D eigenvalue weighted by atomic mass is 10.0. The van der Waals surface area contributed by atoms with Gasteiger partial charge in [-0.25, -0.2) is 0 Å². The van der Waals surface area contributed by atoms with Gasteiger partial charge in [-0.1, -0.05) is 116 Å². The van der Waals surface area contributed by atoms with Gasteiger partial charge in [-0.3, -0.25) is 8.74 Å². The molecule has 0 aliphatic heterocycles. The molecule has 0 rings (SSSR count). The van der Waals surface area contributed by atoms with Crippen molar-refractivity contribution in [3.63, 3.8) is 0 Å². The van der Waals surface area contributed by atoms with E-state index in [1.54, 1.807) is 0 Å². The second kappa shape index (κ2) is 26.0. The van der Waals surface area contributed by atoms with Crippen LogP contribution in [0, 0.1) is 0 Å². The summed E-state index contributed by atoms with van der Waals surface area (Å²) in [6.45, 7) is 2.62. The first-order valence-corrected chi connectivity index (χ1v) is 14.1. The second-order valence-electron chi connectivity index (χ2n) is 8.67. The standard InChI is InChI=1S/C23H49NO.CH4O4S/c1-2-3-4-5-6-7-8-9-10-11-12-13-14-15-17-20-23(24)21-18-16-19-22-25;1-5-6(2,3)4/h23,25H,2-22,24H2,1H3;1H3,(H,2,3,4). The molecule has 1 atom stereocenters. The van der Waals surface area contributed by atoms with E-state index in [-0.39, 0.29) is 0 Å². The highest BCUT2D eigenvalue weighted by Gasteiger charge is 2.02. The van der Waals surface area contributed by atoms with Crippen LogP contribution in [0.1, 0.15) is 135 Å². The van der Waals surface area contributed by atoms with Crippen LogP contribution in [0.15, 0.2) is 0 Å². The predicted octanol–water partition coefficient (Wildman–Crippen LogP) is 6.56. The highest BCUT2D eigenvalue weighted by atomic mass is 32.3. The van der Waals surface area contributed by atoms with Gasteiger partial charge >= 0.3 is 10.4 Å². The van der Waals surface area contributed by atoms with Gasteiger partial charge in [0.1, 0.15) is 0 Å². The van der Waals surface area contributed by atoms with Crippen molar-refractivity contribution in [2.24, 2.45) is 5.73 Å². The van der Waals surface area contributed by atoms with Crippen molar-refractivity contribution in [3.05, 3.63) is 0 Å². The minimum absolute atomic E-state index is 0.328. The van der Waals surface area contributed by atoms with Crippen LogP contribution in [0.3, 0.4) is 0 Å². The lowest BCUT2D eigenvalue weighted by Crippen LogP contribution is -2.19. The Labute approximate surface area is 193 Å². The molecule has 0 heterocycles. The average Bonchev–Trinajstić information content (AvgIpc) is 2.74. The average molecular weight is 468 g/mol. The molecule has 0 spiro atoms. The number of hydrogen-bond acceptors (Lipinski definition) is 5. The fourth-order valence-electron chi connectivity index (χ4n) is 3.62. The summed E-state index contributed by atoms with van der Waals surface area (Å²) in [7, 11) is -3.29. The van der Waals surface area contributed by atoms with E-state index in [0.717, 1.165) is 26.4 Å². The Balaban J connectivity index is 0. The first-order chi connectivity index (χ1) is 14.9. The maximum absolute atomic E-state index is 9.33. The molecule has 1 unspecified atom stereocenters. The topological polar surface area (TPSA) is 110 Å². The summed E-state index contributed by atoms with van der Waals surface area (Å²) >= 11 is 0. The van der Waals surface area contributed by atoms with Gasteiger partial charge in [-0.15, -0.1) is 0 Å². The zero-order valence-corrected chi connectivity index (χ0v) is 21.3. The van der Waals surface area contributed by atoms with Crippen LogP contribution in [-0.2, 0) is 14.6 Å². The van der Waals surface area contributed by atoms with Crippen LogP contribution in [-0.4, -0.2) is 37.8 Å². The fraction of sp³-hybridized carbons (Fsp3) is 1.00. The molecule has 0 aromatic heterocycles. The summed E-state index contributed by atoms with van der Waals surface area (Å²) in [6.07, 6.45) is 26.9. The number of nitrogens with two attached hydrogens (primary N) is 1. The molecule has 0 aliphatic rings. The SMILES string of the molecule is CCCCCCCCCCCCCCCCCC(N)CCCCCO.COS(=O)(=O)O. The maximum atomic E-state index is 9.33. The molecular weight excluding hydrogens is 414 g/mol. The molecule has 0 saturated carbocycles. The highest BCUT2D eigenvalue weighted by molar-refractivity contribution is 7.80. The third kappa shape index (κ3) is 34.6. The van der Waals surface area contributed by atoms with Gasteiger partial charge in [-0.2, -0.15) is 8.42 Å². The fourth-order valence-corrected chi connectivity index (χ4v) is 3.62. The van der Waals surface area contributed by atoms with Gasteiger partial charge in [0.2, 0.25) is 0 Å². The minimum Gasteiger partial charge on any atom is -0.396 e. The molecule has 0 radical (unpaired) electrons. The molecule has 6 nitrogen and oxygen atoms in total. The molecule has 0 aromatic carbocycles. The van der Waals surface area contributed by atoms with Crippen LogP contribution in [0.2, 0.25) is 0 Å². The van der Waals surface area contributed by atoms with Crippen LogP contribution in [0.25, 0.3) is 0 Å². The molecule has 190 valence electrons. The first kappa shape index (κ1) is 33.0. The first-order valence-electron chi connectivity index (χ1n) is 12.8. The van der Waals surface area contributed by atoms with Crippen molar-refractivity contribution in [2.75, 3.05) is 13.7 Å². The van der Waals surface area contributed by atoms with Gasteiger partial charge in [0, 0.05) is 12.6 Å². The number of aliphatic hydroxyl groups excluding tert-OH is 1. The number of hydrogen-bond donors (Lipinski definition) is 3. The summed E-state index contributed by atoms with van der Waals surface area (Å²) in [5.74, 6) is 0. The molecule has 0 aromatic rings. The smallest absolute Gasteiger partial charge is 0.396 e. The Morgan fingerprint density at radius 3 is 1.26 bits per heavy atom. The molecule has 0 bridgehead atoms. The molecule has 7 heteroatoms. The van der Waals surface area contributed by atoms with Gasteiger partial charge < -0.3 is 10.8 Å². The summed E-state index contributed by atoms with van der Waals surface area (Å²) < 4.78 is 29.7. The molecule has 0 amide bonds. The number of unbranched alkanes of at least 4 members (excludes halogenated alkanes) is 16. The zero-order chi connectivity index (χ0) is 23.6. The molecule has 31 heavy (non-hydrogen) atoms. The Morgan fingerprint density at radius 1 is 0.677 bits per heavy atom. The van der Waals surface area contributed by atoms with Crippen molar-refractivity contribution in [2.45, 2.75) is 141 Å². The predicted molar refractivity (Wildman–Crippen MR) is 132 cm³/mol. The largest absolute Gasteiger partial charge is 0.397 e. The maximum Gasteiger partial charge on any atom is 0.397 e. The molecule has 0 aliphatic carbocycles. The van der Waals surface area contributed by atoms with E-state index >= 15 is 0 Å². The summed E-state index contributed by atoms with van der Waals surface area (Å²) in [4.78, 5) is 0. The van der Waals surface area contributed by atoms with Gasteiger partial charge in [0.05, 0.1) is 7.11 Å². The van der Waals surface area contributed by atoms with Crippen LogP contribution < -0.4 is 5.73 Å². The third-order valence-corrected chi connectivity index (χ3v) is 6.04. The Morgan fingerprint density at radius 2 is 0.968 bits per heavy atom. The van der Waals surface area contributed by atoms with Crippen molar-refractivity contribution >= 4 is 10.4 Å². The Bertz CT molecular complexity index is 432. The van der Waals surface area contributed by atoms with E-state index in [9.17, 15) is 8.42 Å². The third-order valence-electron chi connectivity index (χ3n) is 5.62. The molecular formula is C24H53NO5S. The quantitative estimate of drug-likeness (QED) is 0.123. The van der Waals surface area contributed by atoms with E-state index < -0.39 is 10.4 Å². The van der Waals surface area contributed by atoms with E-state index in [1.807, 2.05) is 0 Å². The minimum atomic E-state index is -4.16. The van der Waals surface area contributed by atoms with Crippen molar-refractivity contribution in [1.82, 2.24) is 0 Å². The van der Waals surface area contributed by atoms with Crippen LogP contribution in [0.5, 0.6) is 0 Å². The second-order valence-corrected chi connectivity index (χ2v) is 9.85. The molecule has 0 saturated heterocycles. The lowest BCUT2D eigenvalue weighted by Gasteiger charge is -2.11. The number of aliphatic hydroxyl groups is 1. The lowest BCUT2D eigenvalue weighted by molar-refractivity contribution is 0.281. The monoisotopic (exact) mass is 467 g/mol. The van der Waals surface area contributed by atoms with Crippen LogP contribution >= 0.6 is 0 Å². The zero-order valence-electron chi connectivity index (χ0n) is 20.5. The number of rotatable bonds is 22. The van der Waals surface area contributed by atoms with Gasteiger partial charge in [0.15, 0.2) is 0 Å². The van der Waals surface area contributed by atoms with Gasteiger partial charge in [-0.05, 0) is 19.3 Å². The Kier molecular flexibility index (Phi) is 27.7. The molecule has 0 fully saturated rings. The summed E-state index contributed by atoms with van der Waals surface area (Å²) in [5.41, 5.74) is 6.15. The van der Waals surface area contributed by atoms with E-state index in [0.29, 0.717) is 12.6 Å². The normalized spacial score (nSPS) is 12.4. The summed E-state index contributed by atoms with van der Waals surface area (Å²) in [6, 6.07) is 0.390. The molecule has 4 N–H and O–H groups in total. The van der Waals surface area contributed by atoms with E-state index in [2.05, 4.69) is 11.1 Å². The van der Waals surface area contributed by atoms with Crippen molar-refractivity contribution in [3.8, 4) is 0 Å². The highest BCUT2D eigenvalue weighted by Crippen LogP contribution is 2.14. The van der Waals surface area contributed by atoms with Crippen LogP contribution in [0.4, 0.5) is 0 Å². The van der Waals surface area contributed by atoms with Crippen molar-refractivity contribution in [1.29, 1.82) is 0 Å². The van der Waals surface area contributed by atoms with E-state index in [1.165, 1.54) is 109 Å².